The summed E-state index contributed by atoms with van der Waals surface area (Å²) in [6.45, 7) is 0.662. The number of nitrogens with zero attached hydrogens (tertiary/aromatic N) is 1. The Bertz CT molecular complexity index is 681. The van der Waals surface area contributed by atoms with E-state index in [4.69, 9.17) is 9.84 Å². The summed E-state index contributed by atoms with van der Waals surface area (Å²) in [6.07, 6.45) is 1.67. The van der Waals surface area contributed by atoms with Crippen LogP contribution in [0, 0.1) is 0 Å². The number of benzene rings is 1. The molecule has 0 aliphatic heterocycles. The lowest BCUT2D eigenvalue weighted by atomic mass is 10.2. The number of hydrogen-bond acceptors (Lipinski definition) is 3. The molecule has 0 unspecified atom stereocenters. The molecular weight excluding hydrogens is 326 g/mol. The molecule has 104 valence electrons. The Labute approximate surface area is 123 Å². The van der Waals surface area contributed by atoms with Gasteiger partial charge >= 0.3 is 5.97 Å². The number of carbonyl (C=O) groups is 1. The molecule has 0 fully saturated rings. The summed E-state index contributed by atoms with van der Waals surface area (Å²) in [6, 6.07) is 9.67. The Morgan fingerprint density at radius 3 is 2.85 bits per heavy atom. The molecule has 2 rings (SSSR count). The van der Waals surface area contributed by atoms with Gasteiger partial charge in [0, 0.05) is 6.20 Å². The molecule has 0 spiro atoms. The molecule has 1 N–H and O–H groups in total. The van der Waals surface area contributed by atoms with Crippen molar-refractivity contribution in [1.29, 1.82) is 0 Å². The fourth-order valence-corrected chi connectivity index (χ4v) is 2.04. The number of carboxylic acid groups (broad SMARTS) is 1. The van der Waals surface area contributed by atoms with Crippen LogP contribution in [0.3, 0.4) is 0 Å². The zero-order chi connectivity index (χ0) is 14.5. The standard InChI is InChI=1S/C14H12BrNO4/c15-12-5-2-6-16(13(12)17)7-8-20-11-4-1-3-10(9-11)14(18)19/h1-6,9H,7-8H2,(H,18,19). The number of aromatic nitrogens is 1. The molecule has 0 saturated carbocycles. The van der Waals surface area contributed by atoms with Crippen molar-refractivity contribution in [3.05, 3.63) is 63.0 Å². The monoisotopic (exact) mass is 337 g/mol. The van der Waals surface area contributed by atoms with Crippen molar-refractivity contribution in [1.82, 2.24) is 4.57 Å². The number of halogens is 1. The topological polar surface area (TPSA) is 68.5 Å². The van der Waals surface area contributed by atoms with Gasteiger partial charge in [-0.3, -0.25) is 4.79 Å². The van der Waals surface area contributed by atoms with Crippen LogP contribution < -0.4 is 10.3 Å². The second kappa shape index (κ2) is 6.38. The Balaban J connectivity index is 1.99. The molecule has 0 atom stereocenters. The van der Waals surface area contributed by atoms with E-state index >= 15 is 0 Å². The SMILES string of the molecule is O=C(O)c1cccc(OCCn2cccc(Br)c2=O)c1. The molecule has 0 radical (unpaired) electrons. The number of rotatable bonds is 5. The van der Waals surface area contributed by atoms with Crippen LogP contribution in [0.25, 0.3) is 0 Å². The van der Waals surface area contributed by atoms with E-state index in [1.54, 1.807) is 30.5 Å². The highest BCUT2D eigenvalue weighted by Crippen LogP contribution is 2.13. The highest BCUT2D eigenvalue weighted by Gasteiger charge is 2.04. The maximum atomic E-state index is 11.7. The average Bonchev–Trinajstić information content (AvgIpc) is 2.44. The Morgan fingerprint density at radius 2 is 2.10 bits per heavy atom. The number of carboxylic acids is 1. The molecule has 6 heteroatoms. The van der Waals surface area contributed by atoms with E-state index < -0.39 is 5.97 Å². The maximum Gasteiger partial charge on any atom is 0.335 e. The van der Waals surface area contributed by atoms with Crippen LogP contribution in [0.1, 0.15) is 10.4 Å². The lowest BCUT2D eigenvalue weighted by Gasteiger charge is -2.09. The van der Waals surface area contributed by atoms with Gasteiger partial charge in [0.2, 0.25) is 0 Å². The number of hydrogen-bond donors (Lipinski definition) is 1. The van der Waals surface area contributed by atoms with Gasteiger partial charge in [-0.2, -0.15) is 0 Å². The minimum atomic E-state index is -1.00. The van der Waals surface area contributed by atoms with Crippen molar-refractivity contribution in [2.24, 2.45) is 0 Å². The Hall–Kier alpha value is -2.08. The van der Waals surface area contributed by atoms with Gasteiger partial charge in [0.15, 0.2) is 0 Å². The molecule has 1 heterocycles. The average molecular weight is 338 g/mol. The second-order valence-corrected chi connectivity index (χ2v) is 4.89. The van der Waals surface area contributed by atoms with Crippen LogP contribution in [0.5, 0.6) is 5.75 Å². The van der Waals surface area contributed by atoms with Crippen LogP contribution in [-0.2, 0) is 6.54 Å². The smallest absolute Gasteiger partial charge is 0.335 e. The summed E-state index contributed by atoms with van der Waals surface area (Å²) >= 11 is 3.17. The largest absolute Gasteiger partial charge is 0.492 e. The molecule has 0 saturated heterocycles. The highest BCUT2D eigenvalue weighted by molar-refractivity contribution is 9.10. The van der Waals surface area contributed by atoms with E-state index in [2.05, 4.69) is 15.9 Å². The van der Waals surface area contributed by atoms with E-state index in [0.717, 1.165) is 0 Å². The lowest BCUT2D eigenvalue weighted by Crippen LogP contribution is -2.22. The molecule has 20 heavy (non-hydrogen) atoms. The molecule has 0 aliphatic carbocycles. The summed E-state index contributed by atoms with van der Waals surface area (Å²) in [5, 5.41) is 8.87. The van der Waals surface area contributed by atoms with Crippen LogP contribution in [0.15, 0.2) is 51.9 Å². The van der Waals surface area contributed by atoms with Gasteiger partial charge in [-0.05, 0) is 46.3 Å². The van der Waals surface area contributed by atoms with Crippen molar-refractivity contribution in [3.63, 3.8) is 0 Å². The first kappa shape index (κ1) is 14.3. The Morgan fingerprint density at radius 1 is 1.30 bits per heavy atom. The third kappa shape index (κ3) is 3.48. The second-order valence-electron chi connectivity index (χ2n) is 4.04. The van der Waals surface area contributed by atoms with Crippen LogP contribution in [0.2, 0.25) is 0 Å². The van der Waals surface area contributed by atoms with Crippen molar-refractivity contribution in [2.75, 3.05) is 6.61 Å². The summed E-state index contributed by atoms with van der Waals surface area (Å²) in [7, 11) is 0. The van der Waals surface area contributed by atoms with Gasteiger partial charge in [0.1, 0.15) is 12.4 Å². The summed E-state index contributed by atoms with van der Waals surface area (Å²) in [4.78, 5) is 22.6. The molecule has 0 aliphatic rings. The minimum absolute atomic E-state index is 0.129. The first-order valence-corrected chi connectivity index (χ1v) is 6.68. The van der Waals surface area contributed by atoms with Crippen LogP contribution in [0.4, 0.5) is 0 Å². The summed E-state index contributed by atoms with van der Waals surface area (Å²) in [5.41, 5.74) is 0.0394. The third-order valence-corrected chi connectivity index (χ3v) is 3.26. The maximum absolute atomic E-state index is 11.7. The first-order valence-electron chi connectivity index (χ1n) is 5.89. The molecular formula is C14H12BrNO4. The predicted molar refractivity (Wildman–Crippen MR) is 77.3 cm³/mol. The van der Waals surface area contributed by atoms with E-state index in [1.807, 2.05) is 0 Å². The van der Waals surface area contributed by atoms with Crippen LogP contribution in [-0.4, -0.2) is 22.2 Å². The van der Waals surface area contributed by atoms with E-state index in [9.17, 15) is 9.59 Å². The molecule has 5 nitrogen and oxygen atoms in total. The minimum Gasteiger partial charge on any atom is -0.492 e. The number of aromatic carboxylic acids is 1. The molecule has 1 aromatic heterocycles. The molecule has 1 aromatic carbocycles. The van der Waals surface area contributed by atoms with Crippen molar-refractivity contribution < 1.29 is 14.6 Å². The van der Waals surface area contributed by atoms with Crippen molar-refractivity contribution >= 4 is 21.9 Å². The van der Waals surface area contributed by atoms with Gasteiger partial charge in [-0.1, -0.05) is 6.07 Å². The molecule has 2 aromatic rings. The van der Waals surface area contributed by atoms with E-state index in [1.165, 1.54) is 16.7 Å². The first-order chi connectivity index (χ1) is 9.58. The van der Waals surface area contributed by atoms with E-state index in [0.29, 0.717) is 16.8 Å². The van der Waals surface area contributed by atoms with Gasteiger partial charge in [0.25, 0.3) is 5.56 Å². The zero-order valence-corrected chi connectivity index (χ0v) is 12.0. The van der Waals surface area contributed by atoms with Crippen molar-refractivity contribution in [3.8, 4) is 5.75 Å². The number of pyridine rings is 1. The quantitative estimate of drug-likeness (QED) is 0.909. The fraction of sp³-hybridized carbons (Fsp3) is 0.143. The van der Waals surface area contributed by atoms with Gasteiger partial charge in [-0.15, -0.1) is 0 Å². The molecule has 0 bridgehead atoms. The van der Waals surface area contributed by atoms with E-state index in [-0.39, 0.29) is 17.7 Å². The lowest BCUT2D eigenvalue weighted by molar-refractivity contribution is 0.0696. The van der Waals surface area contributed by atoms with Gasteiger partial charge in [-0.25, -0.2) is 4.79 Å². The van der Waals surface area contributed by atoms with Gasteiger partial charge in [0.05, 0.1) is 16.6 Å². The summed E-state index contributed by atoms with van der Waals surface area (Å²) < 4.78 is 7.47. The zero-order valence-electron chi connectivity index (χ0n) is 10.5. The van der Waals surface area contributed by atoms with Crippen LogP contribution >= 0.6 is 15.9 Å². The normalized spacial score (nSPS) is 10.2. The Kier molecular flexibility index (Phi) is 4.57. The third-order valence-electron chi connectivity index (χ3n) is 2.66. The van der Waals surface area contributed by atoms with Crippen molar-refractivity contribution in [2.45, 2.75) is 6.54 Å². The van der Waals surface area contributed by atoms with Gasteiger partial charge < -0.3 is 14.4 Å². The summed E-state index contributed by atoms with van der Waals surface area (Å²) in [5.74, 6) is -0.536. The highest BCUT2D eigenvalue weighted by atomic mass is 79.9. The number of ether oxygens (including phenoxy) is 1. The fourth-order valence-electron chi connectivity index (χ4n) is 1.66. The molecule has 0 amide bonds. The predicted octanol–water partition coefficient (Wildman–Crippen LogP) is 2.39.